The Labute approximate surface area is 144 Å². The molecule has 0 N–H and O–H groups in total. The quantitative estimate of drug-likeness (QED) is 0.736. The smallest absolute Gasteiger partial charge is 0.264 e. The molecule has 3 aromatic rings. The van der Waals surface area contributed by atoms with Gasteiger partial charge in [0.05, 0.1) is 17.9 Å². The van der Waals surface area contributed by atoms with E-state index < -0.39 is 6.10 Å². The summed E-state index contributed by atoms with van der Waals surface area (Å²) >= 11 is 1.60. The van der Waals surface area contributed by atoms with E-state index >= 15 is 0 Å². The molecule has 0 aliphatic carbocycles. The molecule has 1 amide bonds. The third-order valence-electron chi connectivity index (χ3n) is 4.56. The van der Waals surface area contributed by atoms with Gasteiger partial charge in [0.25, 0.3) is 5.91 Å². The SMILES string of the molecule is Cc1cccc2c1O[C@H](C(=O)N(C)Cc1c(C)nc3sccn13)C2. The van der Waals surface area contributed by atoms with E-state index in [4.69, 9.17) is 4.74 Å². The van der Waals surface area contributed by atoms with Crippen LogP contribution in [-0.2, 0) is 17.8 Å². The van der Waals surface area contributed by atoms with E-state index in [1.54, 1.807) is 16.2 Å². The minimum Gasteiger partial charge on any atom is -0.480 e. The predicted octanol–water partition coefficient (Wildman–Crippen LogP) is 2.97. The van der Waals surface area contributed by atoms with Crippen molar-refractivity contribution in [2.75, 3.05) is 7.05 Å². The fraction of sp³-hybridized carbons (Fsp3) is 0.333. The van der Waals surface area contributed by atoms with Gasteiger partial charge in [-0.15, -0.1) is 11.3 Å². The monoisotopic (exact) mass is 341 g/mol. The first-order valence-electron chi connectivity index (χ1n) is 7.95. The Morgan fingerprint density at radius 1 is 1.46 bits per heavy atom. The summed E-state index contributed by atoms with van der Waals surface area (Å²) < 4.78 is 7.98. The molecule has 1 aliphatic heterocycles. The molecule has 0 unspecified atom stereocenters. The number of carbonyl (C=O) groups excluding carboxylic acids is 1. The van der Waals surface area contributed by atoms with Gasteiger partial charge in [0.15, 0.2) is 11.1 Å². The number of para-hydroxylation sites is 1. The first-order chi connectivity index (χ1) is 11.5. The summed E-state index contributed by atoms with van der Waals surface area (Å²) in [6.45, 7) is 4.52. The largest absolute Gasteiger partial charge is 0.480 e. The number of aryl methyl sites for hydroxylation is 2. The number of amides is 1. The lowest BCUT2D eigenvalue weighted by atomic mass is 10.1. The Morgan fingerprint density at radius 2 is 2.29 bits per heavy atom. The molecule has 2 aromatic heterocycles. The van der Waals surface area contributed by atoms with Gasteiger partial charge in [-0.1, -0.05) is 18.2 Å². The Bertz CT molecular complexity index is 928. The van der Waals surface area contributed by atoms with Crippen LogP contribution in [-0.4, -0.2) is 33.3 Å². The van der Waals surface area contributed by atoms with Crippen LogP contribution in [0.2, 0.25) is 0 Å². The fourth-order valence-corrected chi connectivity index (χ4v) is 4.02. The van der Waals surface area contributed by atoms with Gasteiger partial charge in [0, 0.05) is 25.0 Å². The maximum Gasteiger partial charge on any atom is 0.264 e. The number of ether oxygens (including phenoxy) is 1. The number of carbonyl (C=O) groups is 1. The molecule has 4 rings (SSSR count). The topological polar surface area (TPSA) is 46.8 Å². The number of aromatic nitrogens is 2. The molecule has 0 bridgehead atoms. The number of fused-ring (bicyclic) bond motifs is 2. The normalized spacial score (nSPS) is 16.2. The maximum atomic E-state index is 12.8. The number of rotatable bonds is 3. The van der Waals surface area contributed by atoms with Crippen LogP contribution in [0.1, 0.15) is 22.5 Å². The van der Waals surface area contributed by atoms with Gasteiger partial charge in [-0.3, -0.25) is 9.20 Å². The average molecular weight is 341 g/mol. The van der Waals surface area contributed by atoms with Crippen LogP contribution < -0.4 is 4.74 Å². The fourth-order valence-electron chi connectivity index (χ4n) is 3.24. The van der Waals surface area contributed by atoms with Gasteiger partial charge in [-0.05, 0) is 25.0 Å². The standard InChI is InChI=1S/C18H19N3O2S/c1-11-5-4-6-13-9-15(23-16(11)13)17(22)20(3)10-14-12(2)19-18-21(14)7-8-24-18/h4-8,15H,9-10H2,1-3H3/t15-/m0/s1. The third-order valence-corrected chi connectivity index (χ3v) is 5.32. The molecular weight excluding hydrogens is 322 g/mol. The van der Waals surface area contributed by atoms with E-state index in [-0.39, 0.29) is 5.91 Å². The summed E-state index contributed by atoms with van der Waals surface area (Å²) in [6.07, 6.45) is 2.20. The maximum absolute atomic E-state index is 12.8. The molecule has 1 aliphatic rings. The molecule has 1 atom stereocenters. The van der Waals surface area contributed by atoms with E-state index in [9.17, 15) is 4.79 Å². The highest BCUT2D eigenvalue weighted by Gasteiger charge is 2.32. The van der Waals surface area contributed by atoms with E-state index in [1.165, 1.54) is 0 Å². The van der Waals surface area contributed by atoms with Crippen molar-refractivity contribution >= 4 is 22.2 Å². The van der Waals surface area contributed by atoms with E-state index in [2.05, 4.69) is 9.38 Å². The number of likely N-dealkylation sites (N-methyl/N-ethyl adjacent to an activating group) is 1. The first-order valence-corrected chi connectivity index (χ1v) is 8.83. The molecule has 0 saturated heterocycles. The number of imidazole rings is 1. The van der Waals surface area contributed by atoms with E-state index in [0.29, 0.717) is 13.0 Å². The van der Waals surface area contributed by atoms with Crippen LogP contribution in [0, 0.1) is 13.8 Å². The molecule has 124 valence electrons. The number of benzene rings is 1. The lowest BCUT2D eigenvalue weighted by Crippen LogP contribution is -2.38. The lowest BCUT2D eigenvalue weighted by molar-refractivity contribution is -0.137. The van der Waals surface area contributed by atoms with Gasteiger partial charge >= 0.3 is 0 Å². The minimum absolute atomic E-state index is 0.00943. The molecule has 0 saturated carbocycles. The Balaban J connectivity index is 1.52. The summed E-state index contributed by atoms with van der Waals surface area (Å²) in [7, 11) is 1.83. The van der Waals surface area contributed by atoms with Crippen molar-refractivity contribution in [2.45, 2.75) is 32.9 Å². The second-order valence-corrected chi connectivity index (χ2v) is 7.14. The molecule has 0 radical (unpaired) electrons. The summed E-state index contributed by atoms with van der Waals surface area (Å²) in [4.78, 5) is 20.0. The average Bonchev–Trinajstić information content (AvgIpc) is 3.24. The predicted molar refractivity (Wildman–Crippen MR) is 93.6 cm³/mol. The van der Waals surface area contributed by atoms with Gasteiger partial charge in [-0.25, -0.2) is 4.98 Å². The highest BCUT2D eigenvalue weighted by molar-refractivity contribution is 7.15. The van der Waals surface area contributed by atoms with Gasteiger partial charge in [-0.2, -0.15) is 0 Å². The summed E-state index contributed by atoms with van der Waals surface area (Å²) in [5, 5.41) is 2.01. The summed E-state index contributed by atoms with van der Waals surface area (Å²) in [5.74, 6) is 0.875. The Kier molecular flexibility index (Phi) is 3.57. The van der Waals surface area contributed by atoms with Gasteiger partial charge in [0.2, 0.25) is 0 Å². The number of thiazole rings is 1. The van der Waals surface area contributed by atoms with E-state index in [1.807, 2.05) is 50.7 Å². The second-order valence-electron chi connectivity index (χ2n) is 6.27. The second kappa shape index (κ2) is 5.63. The van der Waals surface area contributed by atoms with Crippen LogP contribution in [0.15, 0.2) is 29.8 Å². The van der Waals surface area contributed by atoms with Crippen LogP contribution in [0.25, 0.3) is 4.96 Å². The molecule has 6 heteroatoms. The van der Waals surface area contributed by atoms with Crippen molar-refractivity contribution in [3.63, 3.8) is 0 Å². The zero-order valence-corrected chi connectivity index (χ0v) is 14.8. The lowest BCUT2D eigenvalue weighted by Gasteiger charge is -2.21. The van der Waals surface area contributed by atoms with Crippen molar-refractivity contribution < 1.29 is 9.53 Å². The summed E-state index contributed by atoms with van der Waals surface area (Å²) in [5.41, 5.74) is 4.21. The minimum atomic E-state index is -0.433. The molecule has 1 aromatic carbocycles. The number of hydrogen-bond acceptors (Lipinski definition) is 4. The van der Waals surface area contributed by atoms with Crippen LogP contribution >= 0.6 is 11.3 Å². The zero-order chi connectivity index (χ0) is 16.8. The zero-order valence-electron chi connectivity index (χ0n) is 13.9. The Hall–Kier alpha value is -2.34. The van der Waals surface area contributed by atoms with Crippen molar-refractivity contribution in [3.8, 4) is 5.75 Å². The molecule has 0 spiro atoms. The highest BCUT2D eigenvalue weighted by Crippen LogP contribution is 2.32. The van der Waals surface area contributed by atoms with Crippen molar-refractivity contribution in [1.82, 2.24) is 14.3 Å². The van der Waals surface area contributed by atoms with E-state index in [0.717, 1.165) is 33.2 Å². The van der Waals surface area contributed by atoms with Gasteiger partial charge < -0.3 is 9.64 Å². The molecule has 5 nitrogen and oxygen atoms in total. The van der Waals surface area contributed by atoms with Crippen LogP contribution in [0.3, 0.4) is 0 Å². The molecular formula is C18H19N3O2S. The highest BCUT2D eigenvalue weighted by atomic mass is 32.1. The first kappa shape index (κ1) is 15.2. The summed E-state index contributed by atoms with van der Waals surface area (Å²) in [6, 6.07) is 6.06. The van der Waals surface area contributed by atoms with Crippen molar-refractivity contribution in [3.05, 3.63) is 52.3 Å². The molecule has 24 heavy (non-hydrogen) atoms. The Morgan fingerprint density at radius 3 is 3.08 bits per heavy atom. The van der Waals surface area contributed by atoms with Crippen molar-refractivity contribution in [2.24, 2.45) is 0 Å². The number of nitrogens with zero attached hydrogens (tertiary/aromatic N) is 3. The van der Waals surface area contributed by atoms with Crippen molar-refractivity contribution in [1.29, 1.82) is 0 Å². The van der Waals surface area contributed by atoms with Gasteiger partial charge in [0.1, 0.15) is 5.75 Å². The number of hydrogen-bond donors (Lipinski definition) is 0. The van der Waals surface area contributed by atoms with Crippen LogP contribution in [0.4, 0.5) is 0 Å². The molecule has 0 fully saturated rings. The molecule has 3 heterocycles. The third kappa shape index (κ3) is 2.38. The van der Waals surface area contributed by atoms with Crippen LogP contribution in [0.5, 0.6) is 5.75 Å².